The second-order valence-electron chi connectivity index (χ2n) is 9.20. The largest absolute Gasteiger partial charge is 0.479 e. The monoisotopic (exact) mass is 653 g/mol. The molecule has 4 aliphatic heterocycles. The lowest BCUT2D eigenvalue weighted by Gasteiger charge is -2.49. The van der Waals surface area contributed by atoms with Crippen molar-refractivity contribution in [2.45, 2.75) is 47.9 Å². The van der Waals surface area contributed by atoms with Crippen molar-refractivity contribution in [2.75, 3.05) is 18.1 Å². The summed E-state index contributed by atoms with van der Waals surface area (Å²) in [5.41, 5.74) is 0.627. The SMILES string of the molecule is Cc1nnc(SCC2=C(C(=O)O)N3C(=O)[C@@H](NC(=O)Cn4cnnn4)[C@H]3SC2)s1.O=C(O)[C@H]1/C(=C/CO)O[C@@H]2CC(=O)N21. The molecule has 18 nitrogen and oxygen atoms in total. The number of aromatic nitrogens is 6. The minimum Gasteiger partial charge on any atom is -0.479 e. The fourth-order valence-corrected chi connectivity index (χ4v) is 7.86. The molecule has 0 saturated carbocycles. The Hall–Kier alpha value is -4.08. The molecule has 0 bridgehead atoms. The van der Waals surface area contributed by atoms with E-state index in [0.29, 0.717) is 17.1 Å². The number of amides is 3. The van der Waals surface area contributed by atoms with E-state index in [-0.39, 0.29) is 36.9 Å². The number of hydrogen-bond donors (Lipinski definition) is 4. The number of rotatable bonds is 9. The Morgan fingerprint density at radius 2 is 2.05 bits per heavy atom. The van der Waals surface area contributed by atoms with Gasteiger partial charge in [-0.3, -0.25) is 24.2 Å². The topological polar surface area (TPSA) is 243 Å². The lowest BCUT2D eigenvalue weighted by molar-refractivity contribution is -0.163. The molecule has 0 aliphatic carbocycles. The van der Waals surface area contributed by atoms with Crippen LogP contribution in [0.25, 0.3) is 0 Å². The number of nitrogens with zero attached hydrogens (tertiary/aromatic N) is 8. The van der Waals surface area contributed by atoms with Gasteiger partial charge in [-0.2, -0.15) is 0 Å². The predicted molar refractivity (Wildman–Crippen MR) is 146 cm³/mol. The van der Waals surface area contributed by atoms with Crippen LogP contribution in [-0.4, -0.2) is 127 Å². The fraction of sp³-hybridized carbons (Fsp3) is 0.455. The number of aryl methyl sites for hydroxylation is 1. The maximum Gasteiger partial charge on any atom is 0.352 e. The maximum absolute atomic E-state index is 12.6. The summed E-state index contributed by atoms with van der Waals surface area (Å²) < 4.78 is 7.15. The van der Waals surface area contributed by atoms with Crippen molar-refractivity contribution in [1.82, 2.24) is 45.5 Å². The van der Waals surface area contributed by atoms with Gasteiger partial charge in [0.1, 0.15) is 40.8 Å². The zero-order valence-corrected chi connectivity index (χ0v) is 24.5. The molecule has 3 amide bonds. The van der Waals surface area contributed by atoms with Gasteiger partial charge in [-0.15, -0.1) is 27.1 Å². The average Bonchev–Trinajstić information content (AvgIpc) is 3.69. The van der Waals surface area contributed by atoms with E-state index < -0.39 is 47.4 Å². The standard InChI is InChI=1S/C14H14N8O4S3.C8H9NO5/c1-6-17-18-14(29-6)28-4-7-3-27-12-9(11(24)22(12)10(7)13(25)26)16-8(23)2-21-5-15-19-20-21;10-2-1-4-7(8(12)13)9-5(11)3-6(9)14-4/h5,9,12H,2-4H2,1H3,(H,16,23)(H,25,26);1,6-7,10H,2-3H2,(H,12,13)/b;4-1-/t9-,12-;6-,7-/m11/s1. The van der Waals surface area contributed by atoms with E-state index in [9.17, 15) is 29.1 Å². The molecule has 0 spiro atoms. The molecular formula is C22H23N9O9S3. The first-order chi connectivity index (χ1) is 20.6. The molecule has 2 aromatic rings. The van der Waals surface area contributed by atoms with Crippen molar-refractivity contribution in [3.05, 3.63) is 34.4 Å². The van der Waals surface area contributed by atoms with Crippen LogP contribution >= 0.6 is 34.9 Å². The molecule has 4 atom stereocenters. The number of aliphatic hydroxyl groups is 1. The molecule has 3 saturated heterocycles. The van der Waals surface area contributed by atoms with Gasteiger partial charge in [0.2, 0.25) is 11.8 Å². The van der Waals surface area contributed by atoms with Gasteiger partial charge in [0.15, 0.2) is 16.6 Å². The van der Waals surface area contributed by atoms with Crippen LogP contribution in [0.4, 0.5) is 0 Å². The summed E-state index contributed by atoms with van der Waals surface area (Å²) in [7, 11) is 0. The summed E-state index contributed by atoms with van der Waals surface area (Å²) in [4.78, 5) is 60.9. The average molecular weight is 654 g/mol. The molecule has 4 N–H and O–H groups in total. The first-order valence-corrected chi connectivity index (χ1v) is 15.3. The minimum atomic E-state index is -1.16. The van der Waals surface area contributed by atoms with Gasteiger partial charge in [-0.25, -0.2) is 14.3 Å². The molecule has 3 fully saturated rings. The first kappa shape index (κ1) is 30.4. The highest BCUT2D eigenvalue weighted by molar-refractivity contribution is 8.01. The Balaban J connectivity index is 0.000000220. The van der Waals surface area contributed by atoms with Crippen molar-refractivity contribution in [3.63, 3.8) is 0 Å². The maximum atomic E-state index is 12.6. The number of ether oxygens (including phenoxy) is 1. The highest BCUT2D eigenvalue weighted by Gasteiger charge is 2.55. The summed E-state index contributed by atoms with van der Waals surface area (Å²) >= 11 is 4.24. The molecule has 6 heterocycles. The second kappa shape index (κ2) is 12.7. The van der Waals surface area contributed by atoms with Crippen LogP contribution in [0.15, 0.2) is 33.8 Å². The summed E-state index contributed by atoms with van der Waals surface area (Å²) in [5, 5.41) is 48.6. The molecule has 2 aromatic heterocycles. The van der Waals surface area contributed by atoms with Crippen LogP contribution in [0.2, 0.25) is 0 Å². The number of carboxylic acid groups (broad SMARTS) is 2. The van der Waals surface area contributed by atoms with E-state index in [1.54, 1.807) is 0 Å². The minimum absolute atomic E-state index is 0.0153. The van der Waals surface area contributed by atoms with E-state index in [4.69, 9.17) is 14.9 Å². The molecule has 4 aliphatic rings. The van der Waals surface area contributed by atoms with E-state index in [2.05, 4.69) is 31.0 Å². The predicted octanol–water partition coefficient (Wildman–Crippen LogP) is -1.73. The van der Waals surface area contributed by atoms with Crippen LogP contribution in [0.3, 0.4) is 0 Å². The van der Waals surface area contributed by atoms with Crippen molar-refractivity contribution in [3.8, 4) is 0 Å². The molecule has 21 heteroatoms. The van der Waals surface area contributed by atoms with E-state index in [0.717, 1.165) is 9.35 Å². The molecule has 43 heavy (non-hydrogen) atoms. The quantitative estimate of drug-likeness (QED) is 0.173. The van der Waals surface area contributed by atoms with Crippen LogP contribution in [-0.2, 0) is 35.3 Å². The Labute approximate surface area is 254 Å². The number of thioether (sulfide) groups is 2. The van der Waals surface area contributed by atoms with Crippen LogP contribution in [0.1, 0.15) is 11.4 Å². The van der Waals surface area contributed by atoms with Gasteiger partial charge in [0, 0.05) is 11.5 Å². The number of carboxylic acids is 2. The van der Waals surface area contributed by atoms with Gasteiger partial charge in [-0.05, 0) is 29.0 Å². The Morgan fingerprint density at radius 3 is 2.65 bits per heavy atom. The number of tetrazole rings is 1. The van der Waals surface area contributed by atoms with Crippen molar-refractivity contribution >= 4 is 64.5 Å². The summed E-state index contributed by atoms with van der Waals surface area (Å²) in [5.74, 6) is -2.41. The zero-order valence-electron chi connectivity index (χ0n) is 22.1. The second-order valence-corrected chi connectivity index (χ2v) is 12.7. The van der Waals surface area contributed by atoms with Crippen molar-refractivity contribution < 1.29 is 44.0 Å². The Morgan fingerprint density at radius 1 is 1.26 bits per heavy atom. The van der Waals surface area contributed by atoms with Gasteiger partial charge in [0.05, 0.1) is 13.0 Å². The third-order valence-corrected chi connectivity index (χ3v) is 9.83. The Kier molecular flexibility index (Phi) is 8.94. The number of carbonyl (C=O) groups is 5. The van der Waals surface area contributed by atoms with E-state index in [1.165, 1.54) is 61.7 Å². The summed E-state index contributed by atoms with van der Waals surface area (Å²) in [6.07, 6.45) is 2.32. The number of fused-ring (bicyclic) bond motifs is 2. The summed E-state index contributed by atoms with van der Waals surface area (Å²) in [6.45, 7) is 1.42. The molecule has 6 rings (SSSR count). The van der Waals surface area contributed by atoms with Crippen molar-refractivity contribution in [1.29, 1.82) is 0 Å². The number of β-lactam (4-membered cyclic amide) rings is 2. The highest BCUT2D eigenvalue weighted by Crippen LogP contribution is 2.42. The van der Waals surface area contributed by atoms with Crippen LogP contribution in [0.5, 0.6) is 0 Å². The number of hydrogen-bond acceptors (Lipinski definition) is 15. The van der Waals surface area contributed by atoms with Crippen LogP contribution in [0, 0.1) is 6.92 Å². The number of nitrogens with one attached hydrogen (secondary N) is 1. The molecule has 0 unspecified atom stereocenters. The lowest BCUT2D eigenvalue weighted by Crippen LogP contribution is -2.70. The Bertz CT molecular complexity index is 1510. The fourth-order valence-electron chi connectivity index (χ4n) is 4.56. The smallest absolute Gasteiger partial charge is 0.352 e. The third kappa shape index (κ3) is 6.19. The van der Waals surface area contributed by atoms with Crippen molar-refractivity contribution in [2.24, 2.45) is 0 Å². The molecule has 0 aromatic carbocycles. The number of carbonyl (C=O) groups excluding carboxylic acids is 3. The van der Waals surface area contributed by atoms with Gasteiger partial charge < -0.3 is 25.4 Å². The van der Waals surface area contributed by atoms with E-state index >= 15 is 0 Å². The van der Waals surface area contributed by atoms with E-state index in [1.807, 2.05) is 6.92 Å². The molecular weight excluding hydrogens is 630 g/mol. The van der Waals surface area contributed by atoms with Crippen LogP contribution < -0.4 is 5.32 Å². The first-order valence-electron chi connectivity index (χ1n) is 12.4. The van der Waals surface area contributed by atoms with Gasteiger partial charge in [-0.1, -0.05) is 23.1 Å². The molecule has 0 radical (unpaired) electrons. The number of aliphatic hydroxyl groups excluding tert-OH is 1. The summed E-state index contributed by atoms with van der Waals surface area (Å²) in [6, 6.07) is -1.84. The van der Waals surface area contributed by atoms with Gasteiger partial charge in [0.25, 0.3) is 5.91 Å². The third-order valence-electron chi connectivity index (χ3n) is 6.43. The normalized spacial score (nSPS) is 24.7. The van der Waals surface area contributed by atoms with Gasteiger partial charge >= 0.3 is 11.9 Å². The highest BCUT2D eigenvalue weighted by atomic mass is 32.2. The number of aliphatic carboxylic acids is 2. The zero-order chi connectivity index (χ0) is 30.8. The molecule has 228 valence electrons. The lowest BCUT2D eigenvalue weighted by atomic mass is 10.0.